The second kappa shape index (κ2) is 15.2. The number of anilines is 3. The van der Waals surface area contributed by atoms with E-state index in [4.69, 9.17) is 14.2 Å². The van der Waals surface area contributed by atoms with Gasteiger partial charge in [0.25, 0.3) is 0 Å². The standard InChI is InChI=1S/C33H41N5O7/c1-21-18-38(22(2)20-39)31(40)17-23-16-26(35-32(41)34-24-6-11-27(43-4)12-7-24)10-15-29(23)45-30(21)19-37(3)33(42)36-25-8-13-28(44-5)14-9-25/h6-16,21-22,30,39H,17-20H2,1-5H3,(H,36,42)(H2,34,35,41)/t21-,22-,30+/m0/s1. The molecule has 3 atom stereocenters. The van der Waals surface area contributed by atoms with Crippen molar-refractivity contribution in [2.24, 2.45) is 5.92 Å². The van der Waals surface area contributed by atoms with Crippen LogP contribution in [0.2, 0.25) is 0 Å². The average Bonchev–Trinajstić information content (AvgIpc) is 3.08. The van der Waals surface area contributed by atoms with E-state index in [-0.39, 0.29) is 37.4 Å². The number of fused-ring (bicyclic) bond motifs is 1. The van der Waals surface area contributed by atoms with Crippen LogP contribution < -0.4 is 30.2 Å². The molecular weight excluding hydrogens is 578 g/mol. The molecule has 240 valence electrons. The van der Waals surface area contributed by atoms with Crippen molar-refractivity contribution >= 4 is 35.0 Å². The number of hydrogen-bond donors (Lipinski definition) is 4. The first-order valence-electron chi connectivity index (χ1n) is 14.7. The molecule has 45 heavy (non-hydrogen) atoms. The smallest absolute Gasteiger partial charge is 0.323 e. The summed E-state index contributed by atoms with van der Waals surface area (Å²) in [4.78, 5) is 42.5. The molecule has 0 radical (unpaired) electrons. The topological polar surface area (TPSA) is 142 Å². The van der Waals surface area contributed by atoms with Crippen LogP contribution in [0.4, 0.5) is 26.7 Å². The van der Waals surface area contributed by atoms with Crippen LogP contribution in [-0.2, 0) is 11.2 Å². The minimum Gasteiger partial charge on any atom is -0.497 e. The largest absolute Gasteiger partial charge is 0.497 e. The van der Waals surface area contributed by atoms with Gasteiger partial charge in [0.2, 0.25) is 5.91 Å². The summed E-state index contributed by atoms with van der Waals surface area (Å²) in [7, 11) is 4.82. The number of nitrogens with zero attached hydrogens (tertiary/aromatic N) is 2. The van der Waals surface area contributed by atoms with Gasteiger partial charge in [0.1, 0.15) is 23.4 Å². The molecule has 12 heteroatoms. The Kier molecular flexibility index (Phi) is 11.1. The van der Waals surface area contributed by atoms with Gasteiger partial charge in [-0.3, -0.25) is 4.79 Å². The number of benzene rings is 3. The van der Waals surface area contributed by atoms with Crippen molar-refractivity contribution in [1.82, 2.24) is 9.80 Å². The maximum absolute atomic E-state index is 13.5. The summed E-state index contributed by atoms with van der Waals surface area (Å²) in [5.41, 5.74) is 2.24. The molecule has 0 spiro atoms. The second-order valence-corrected chi connectivity index (χ2v) is 11.1. The maximum atomic E-state index is 13.5. The number of nitrogens with one attached hydrogen (secondary N) is 3. The molecule has 1 aliphatic heterocycles. The minimum atomic E-state index is -0.494. The first-order chi connectivity index (χ1) is 21.6. The Balaban J connectivity index is 1.53. The van der Waals surface area contributed by atoms with Crippen molar-refractivity contribution in [2.45, 2.75) is 32.4 Å². The highest BCUT2D eigenvalue weighted by molar-refractivity contribution is 6.00. The molecule has 0 aromatic heterocycles. The van der Waals surface area contributed by atoms with E-state index < -0.39 is 18.2 Å². The van der Waals surface area contributed by atoms with Gasteiger partial charge in [-0.1, -0.05) is 6.92 Å². The van der Waals surface area contributed by atoms with Gasteiger partial charge >= 0.3 is 12.1 Å². The van der Waals surface area contributed by atoms with E-state index in [9.17, 15) is 19.5 Å². The fraction of sp³-hybridized carbons (Fsp3) is 0.364. The molecule has 4 rings (SSSR count). The molecule has 0 unspecified atom stereocenters. The van der Waals surface area contributed by atoms with E-state index in [0.29, 0.717) is 46.4 Å². The SMILES string of the molecule is COc1ccc(NC(=O)Nc2ccc3c(c2)CC(=O)N([C@@H](C)CO)C[C@H](C)[C@@H](CN(C)C(=O)Nc2ccc(OC)cc2)O3)cc1. The van der Waals surface area contributed by atoms with Crippen molar-refractivity contribution in [3.63, 3.8) is 0 Å². The summed E-state index contributed by atoms with van der Waals surface area (Å²) in [6.45, 7) is 4.09. The molecule has 3 aromatic carbocycles. The monoisotopic (exact) mass is 619 g/mol. The number of methoxy groups -OCH3 is 2. The molecule has 5 amide bonds. The van der Waals surface area contributed by atoms with Crippen LogP contribution >= 0.6 is 0 Å². The molecular formula is C33H41N5O7. The van der Waals surface area contributed by atoms with Gasteiger partial charge < -0.3 is 45.1 Å². The Morgan fingerprint density at radius 2 is 1.51 bits per heavy atom. The Morgan fingerprint density at radius 1 is 0.956 bits per heavy atom. The van der Waals surface area contributed by atoms with Crippen molar-refractivity contribution in [3.05, 3.63) is 72.3 Å². The molecule has 4 N–H and O–H groups in total. The van der Waals surface area contributed by atoms with Gasteiger partial charge in [-0.05, 0) is 73.7 Å². The van der Waals surface area contributed by atoms with Crippen LogP contribution in [0, 0.1) is 5.92 Å². The predicted molar refractivity (Wildman–Crippen MR) is 172 cm³/mol. The fourth-order valence-corrected chi connectivity index (χ4v) is 4.94. The molecule has 12 nitrogen and oxygen atoms in total. The van der Waals surface area contributed by atoms with Crippen LogP contribution in [0.25, 0.3) is 0 Å². The second-order valence-electron chi connectivity index (χ2n) is 11.1. The molecule has 3 aromatic rings. The third kappa shape index (κ3) is 8.79. The number of aliphatic hydroxyl groups excluding tert-OH is 1. The number of urea groups is 2. The lowest BCUT2D eigenvalue weighted by Crippen LogP contribution is -2.48. The molecule has 0 saturated carbocycles. The molecule has 0 aliphatic carbocycles. The number of aliphatic hydroxyl groups is 1. The normalized spacial score (nSPS) is 16.9. The van der Waals surface area contributed by atoms with E-state index in [0.717, 1.165) is 0 Å². The zero-order valence-corrected chi connectivity index (χ0v) is 26.2. The fourth-order valence-electron chi connectivity index (χ4n) is 4.94. The van der Waals surface area contributed by atoms with Crippen molar-refractivity contribution in [3.8, 4) is 17.2 Å². The van der Waals surface area contributed by atoms with E-state index in [1.807, 2.05) is 6.92 Å². The summed E-state index contributed by atoms with van der Waals surface area (Å²) in [6, 6.07) is 17.9. The summed E-state index contributed by atoms with van der Waals surface area (Å²) in [5.74, 6) is 1.45. The number of rotatable bonds is 9. The first-order valence-corrected chi connectivity index (χ1v) is 14.7. The zero-order chi connectivity index (χ0) is 32.5. The lowest BCUT2D eigenvalue weighted by atomic mass is 10.0. The molecule has 0 bridgehead atoms. The van der Waals surface area contributed by atoms with E-state index in [2.05, 4.69) is 16.0 Å². The van der Waals surface area contributed by atoms with Crippen molar-refractivity contribution in [2.75, 3.05) is 56.9 Å². The van der Waals surface area contributed by atoms with Crippen molar-refractivity contribution in [1.29, 1.82) is 0 Å². The van der Waals surface area contributed by atoms with E-state index in [1.165, 1.54) is 4.90 Å². The number of ether oxygens (including phenoxy) is 3. The number of hydrogen-bond acceptors (Lipinski definition) is 7. The lowest BCUT2D eigenvalue weighted by molar-refractivity contribution is -0.134. The number of amides is 5. The quantitative estimate of drug-likeness (QED) is 0.273. The number of carbonyl (C=O) groups excluding carboxylic acids is 3. The van der Waals surface area contributed by atoms with Gasteiger partial charge in [0, 0.05) is 42.1 Å². The predicted octanol–water partition coefficient (Wildman–Crippen LogP) is 4.66. The number of carbonyl (C=O) groups is 3. The summed E-state index contributed by atoms with van der Waals surface area (Å²) >= 11 is 0. The molecule has 0 fully saturated rings. The van der Waals surface area contributed by atoms with Gasteiger partial charge in [0.15, 0.2) is 0 Å². The molecule has 0 saturated heterocycles. The van der Waals surface area contributed by atoms with Crippen LogP contribution in [-0.4, -0.2) is 86.0 Å². The highest BCUT2D eigenvalue weighted by Gasteiger charge is 2.32. The summed E-state index contributed by atoms with van der Waals surface area (Å²) < 4.78 is 16.8. The van der Waals surface area contributed by atoms with Crippen LogP contribution in [0.5, 0.6) is 17.2 Å². The third-order valence-corrected chi connectivity index (χ3v) is 7.66. The number of likely N-dealkylation sites (N-methyl/N-ethyl adjacent to an activating group) is 1. The van der Waals surface area contributed by atoms with Gasteiger partial charge in [-0.25, -0.2) is 9.59 Å². The lowest BCUT2D eigenvalue weighted by Gasteiger charge is -2.34. The summed E-state index contributed by atoms with van der Waals surface area (Å²) in [5, 5.41) is 18.4. The van der Waals surface area contributed by atoms with Gasteiger partial charge in [-0.15, -0.1) is 0 Å². The van der Waals surface area contributed by atoms with E-state index in [1.54, 1.807) is 99.8 Å². The third-order valence-electron chi connectivity index (χ3n) is 7.66. The first kappa shape index (κ1) is 32.9. The van der Waals surface area contributed by atoms with Gasteiger partial charge in [-0.2, -0.15) is 0 Å². The summed E-state index contributed by atoms with van der Waals surface area (Å²) in [6.07, 6.45) is -0.491. The minimum absolute atomic E-state index is 0.00251. The Hall–Kier alpha value is -4.97. The average molecular weight is 620 g/mol. The molecule has 1 aliphatic rings. The Bertz CT molecular complexity index is 1470. The van der Waals surface area contributed by atoms with Gasteiger partial charge in [0.05, 0.1) is 39.8 Å². The Morgan fingerprint density at radius 3 is 2.09 bits per heavy atom. The van der Waals surface area contributed by atoms with Crippen LogP contribution in [0.1, 0.15) is 19.4 Å². The van der Waals surface area contributed by atoms with Crippen LogP contribution in [0.3, 0.4) is 0 Å². The maximum Gasteiger partial charge on any atom is 0.323 e. The molecule has 1 heterocycles. The van der Waals surface area contributed by atoms with E-state index >= 15 is 0 Å². The highest BCUT2D eigenvalue weighted by atomic mass is 16.5. The zero-order valence-electron chi connectivity index (χ0n) is 26.2. The Labute approximate surface area is 263 Å². The van der Waals surface area contributed by atoms with Crippen LogP contribution in [0.15, 0.2) is 66.7 Å². The van der Waals surface area contributed by atoms with Crippen molar-refractivity contribution < 1.29 is 33.7 Å². The highest BCUT2D eigenvalue weighted by Crippen LogP contribution is 2.29.